The van der Waals surface area contributed by atoms with Gasteiger partial charge in [0.2, 0.25) is 17.7 Å². The van der Waals surface area contributed by atoms with Gasteiger partial charge in [0.05, 0.1) is 12.5 Å². The van der Waals surface area contributed by atoms with Crippen molar-refractivity contribution in [3.05, 3.63) is 11.8 Å². The highest BCUT2D eigenvalue weighted by Crippen LogP contribution is 2.26. The first-order valence-electron chi connectivity index (χ1n) is 10.2. The van der Waals surface area contributed by atoms with Crippen LogP contribution in [0.15, 0.2) is 4.42 Å². The fourth-order valence-corrected chi connectivity index (χ4v) is 4.77. The molecule has 1 aromatic heterocycles. The molecule has 3 aliphatic rings. The number of piperidine rings is 2. The Morgan fingerprint density at radius 3 is 2.50 bits per heavy atom. The molecule has 26 heavy (non-hydrogen) atoms. The van der Waals surface area contributed by atoms with E-state index >= 15 is 0 Å². The number of hydrogen-bond acceptors (Lipinski definition) is 6. The second-order valence-corrected chi connectivity index (χ2v) is 8.09. The Labute approximate surface area is 155 Å². The summed E-state index contributed by atoms with van der Waals surface area (Å²) in [5, 5.41) is 8.02. The van der Waals surface area contributed by atoms with Crippen LogP contribution in [-0.2, 0) is 11.3 Å². The normalized spacial score (nSPS) is 26.5. The molecule has 3 aliphatic heterocycles. The number of rotatable bonds is 4. The average Bonchev–Trinajstić information content (AvgIpc) is 3.34. The lowest BCUT2D eigenvalue weighted by molar-refractivity contribution is -0.136. The van der Waals surface area contributed by atoms with Gasteiger partial charge in [-0.25, -0.2) is 0 Å². The van der Waals surface area contributed by atoms with Crippen LogP contribution in [0.25, 0.3) is 0 Å². The van der Waals surface area contributed by atoms with E-state index in [9.17, 15) is 4.79 Å². The fourth-order valence-electron chi connectivity index (χ4n) is 4.77. The standard InChI is InChI=1S/C19H31N5O2/c1-15-20-21-18(26-15)14-22-11-6-17(7-12-22)24-10-4-5-16(13-24)19(25)23-8-2-3-9-23/h16-17H,2-14H2,1H3/t16-/m1/s1. The zero-order chi connectivity index (χ0) is 17.9. The molecule has 0 bridgehead atoms. The van der Waals surface area contributed by atoms with Crippen LogP contribution in [0.5, 0.6) is 0 Å². The third-order valence-corrected chi connectivity index (χ3v) is 6.22. The Balaban J connectivity index is 1.26. The molecule has 4 heterocycles. The molecule has 0 spiro atoms. The van der Waals surface area contributed by atoms with Crippen LogP contribution in [0.1, 0.15) is 50.3 Å². The highest BCUT2D eigenvalue weighted by atomic mass is 16.4. The van der Waals surface area contributed by atoms with Gasteiger partial charge in [0, 0.05) is 45.7 Å². The van der Waals surface area contributed by atoms with Crippen molar-refractivity contribution in [2.45, 2.75) is 58.0 Å². The highest BCUT2D eigenvalue weighted by Gasteiger charge is 2.34. The van der Waals surface area contributed by atoms with Gasteiger partial charge in [-0.15, -0.1) is 10.2 Å². The molecule has 0 unspecified atom stereocenters. The molecule has 7 nitrogen and oxygen atoms in total. The first kappa shape index (κ1) is 17.9. The van der Waals surface area contributed by atoms with Crippen molar-refractivity contribution in [3.8, 4) is 0 Å². The summed E-state index contributed by atoms with van der Waals surface area (Å²) in [6.45, 7) is 8.77. The van der Waals surface area contributed by atoms with Gasteiger partial charge in [-0.1, -0.05) is 0 Å². The number of aromatic nitrogens is 2. The first-order chi connectivity index (χ1) is 12.7. The summed E-state index contributed by atoms with van der Waals surface area (Å²) in [5.74, 6) is 1.99. The van der Waals surface area contributed by atoms with Crippen molar-refractivity contribution in [1.29, 1.82) is 0 Å². The van der Waals surface area contributed by atoms with Crippen molar-refractivity contribution >= 4 is 5.91 Å². The van der Waals surface area contributed by atoms with Crippen LogP contribution >= 0.6 is 0 Å². The molecular formula is C19H31N5O2. The predicted molar refractivity (Wildman–Crippen MR) is 97.4 cm³/mol. The quantitative estimate of drug-likeness (QED) is 0.813. The third-order valence-electron chi connectivity index (χ3n) is 6.22. The zero-order valence-electron chi connectivity index (χ0n) is 15.9. The minimum absolute atomic E-state index is 0.223. The number of aryl methyl sites for hydroxylation is 1. The third kappa shape index (κ3) is 4.09. The second-order valence-electron chi connectivity index (χ2n) is 8.09. The maximum absolute atomic E-state index is 12.8. The molecule has 0 saturated carbocycles. The van der Waals surface area contributed by atoms with E-state index in [0.29, 0.717) is 17.8 Å². The maximum atomic E-state index is 12.8. The molecule has 0 aliphatic carbocycles. The first-order valence-corrected chi connectivity index (χ1v) is 10.2. The Hall–Kier alpha value is -1.47. The van der Waals surface area contributed by atoms with Crippen LogP contribution in [-0.4, -0.2) is 76.1 Å². The number of carbonyl (C=O) groups excluding carboxylic acids is 1. The maximum Gasteiger partial charge on any atom is 0.230 e. The molecule has 3 fully saturated rings. The largest absolute Gasteiger partial charge is 0.424 e. The molecule has 0 radical (unpaired) electrons. The second kappa shape index (κ2) is 8.05. The summed E-state index contributed by atoms with van der Waals surface area (Å²) in [4.78, 5) is 19.9. The van der Waals surface area contributed by atoms with Gasteiger partial charge in [0.15, 0.2) is 0 Å². The van der Waals surface area contributed by atoms with Crippen LogP contribution < -0.4 is 0 Å². The monoisotopic (exact) mass is 361 g/mol. The van der Waals surface area contributed by atoms with Crippen LogP contribution in [0.2, 0.25) is 0 Å². The van der Waals surface area contributed by atoms with Crippen molar-refractivity contribution < 1.29 is 9.21 Å². The van der Waals surface area contributed by atoms with Gasteiger partial charge in [-0.05, 0) is 45.1 Å². The van der Waals surface area contributed by atoms with E-state index in [1.54, 1.807) is 0 Å². The topological polar surface area (TPSA) is 65.7 Å². The number of hydrogen-bond donors (Lipinski definition) is 0. The van der Waals surface area contributed by atoms with Gasteiger partial charge in [0.25, 0.3) is 0 Å². The molecule has 4 rings (SSSR count). The molecule has 144 valence electrons. The summed E-state index contributed by atoms with van der Waals surface area (Å²) in [6, 6.07) is 0.616. The number of amides is 1. The van der Waals surface area contributed by atoms with Gasteiger partial charge in [0.1, 0.15) is 0 Å². The van der Waals surface area contributed by atoms with E-state index in [1.807, 2.05) is 6.92 Å². The zero-order valence-corrected chi connectivity index (χ0v) is 15.9. The molecule has 3 saturated heterocycles. The lowest BCUT2D eigenvalue weighted by Gasteiger charge is -2.42. The van der Waals surface area contributed by atoms with E-state index in [-0.39, 0.29) is 5.92 Å². The number of nitrogens with zero attached hydrogens (tertiary/aromatic N) is 5. The number of likely N-dealkylation sites (tertiary alicyclic amines) is 3. The van der Waals surface area contributed by atoms with Gasteiger partial charge < -0.3 is 9.32 Å². The molecule has 0 N–H and O–H groups in total. The van der Waals surface area contributed by atoms with Gasteiger partial charge >= 0.3 is 0 Å². The summed E-state index contributed by atoms with van der Waals surface area (Å²) in [6.07, 6.45) is 6.92. The van der Waals surface area contributed by atoms with E-state index < -0.39 is 0 Å². The van der Waals surface area contributed by atoms with Crippen LogP contribution in [0.3, 0.4) is 0 Å². The van der Waals surface area contributed by atoms with Crippen molar-refractivity contribution in [3.63, 3.8) is 0 Å². The van der Waals surface area contributed by atoms with Crippen molar-refractivity contribution in [2.24, 2.45) is 5.92 Å². The predicted octanol–water partition coefficient (Wildman–Crippen LogP) is 1.68. The summed E-state index contributed by atoms with van der Waals surface area (Å²) in [5.41, 5.74) is 0. The minimum Gasteiger partial charge on any atom is -0.424 e. The van der Waals surface area contributed by atoms with E-state index in [4.69, 9.17) is 4.42 Å². The highest BCUT2D eigenvalue weighted by molar-refractivity contribution is 5.79. The smallest absolute Gasteiger partial charge is 0.230 e. The fraction of sp³-hybridized carbons (Fsp3) is 0.842. The summed E-state index contributed by atoms with van der Waals surface area (Å²) < 4.78 is 5.50. The molecule has 1 aromatic rings. The lowest BCUT2D eigenvalue weighted by Crippen LogP contribution is -2.51. The Morgan fingerprint density at radius 1 is 1.04 bits per heavy atom. The lowest BCUT2D eigenvalue weighted by atomic mass is 9.93. The van der Waals surface area contributed by atoms with E-state index in [2.05, 4.69) is 24.9 Å². The van der Waals surface area contributed by atoms with Crippen molar-refractivity contribution in [2.75, 3.05) is 39.3 Å². The van der Waals surface area contributed by atoms with E-state index in [0.717, 1.165) is 77.4 Å². The van der Waals surface area contributed by atoms with Crippen molar-refractivity contribution in [1.82, 2.24) is 24.9 Å². The Bertz CT molecular complexity index is 605. The Morgan fingerprint density at radius 2 is 1.81 bits per heavy atom. The van der Waals surface area contributed by atoms with Gasteiger partial charge in [-0.3, -0.25) is 14.6 Å². The molecule has 1 atom stereocenters. The van der Waals surface area contributed by atoms with Crippen LogP contribution in [0.4, 0.5) is 0 Å². The SMILES string of the molecule is Cc1nnc(CN2CCC(N3CCC[C@@H](C(=O)N4CCCC4)C3)CC2)o1. The summed E-state index contributed by atoms with van der Waals surface area (Å²) >= 11 is 0. The Kier molecular flexibility index (Phi) is 5.55. The number of carbonyl (C=O) groups is 1. The van der Waals surface area contributed by atoms with E-state index in [1.165, 1.54) is 12.8 Å². The van der Waals surface area contributed by atoms with Crippen LogP contribution in [0, 0.1) is 12.8 Å². The molecule has 0 aromatic carbocycles. The minimum atomic E-state index is 0.223. The molecule has 1 amide bonds. The average molecular weight is 361 g/mol. The molecular weight excluding hydrogens is 330 g/mol. The summed E-state index contributed by atoms with van der Waals surface area (Å²) in [7, 11) is 0. The molecule has 7 heteroatoms. The van der Waals surface area contributed by atoms with Gasteiger partial charge in [-0.2, -0.15) is 0 Å².